The van der Waals surface area contributed by atoms with Gasteiger partial charge in [0.1, 0.15) is 0 Å². The predicted molar refractivity (Wildman–Crippen MR) is 82.0 cm³/mol. The SMILES string of the molecule is CC(CS(=O)(=O)N1CCC(C)C(N)C1)c1ccccc1. The van der Waals surface area contributed by atoms with Crippen LogP contribution in [0.15, 0.2) is 30.3 Å². The molecule has 1 saturated heterocycles. The highest BCUT2D eigenvalue weighted by Crippen LogP contribution is 2.23. The highest BCUT2D eigenvalue weighted by Gasteiger charge is 2.31. The maximum Gasteiger partial charge on any atom is 0.214 e. The van der Waals surface area contributed by atoms with E-state index in [2.05, 4.69) is 6.92 Å². The van der Waals surface area contributed by atoms with Gasteiger partial charge in [-0.25, -0.2) is 12.7 Å². The molecule has 0 aromatic heterocycles. The summed E-state index contributed by atoms with van der Waals surface area (Å²) in [5, 5.41) is 0. The highest BCUT2D eigenvalue weighted by molar-refractivity contribution is 7.89. The van der Waals surface area contributed by atoms with Gasteiger partial charge in [0.2, 0.25) is 10.0 Å². The fourth-order valence-corrected chi connectivity index (χ4v) is 4.44. The zero-order chi connectivity index (χ0) is 14.8. The lowest BCUT2D eigenvalue weighted by atomic mass is 9.96. The first-order valence-electron chi connectivity index (χ1n) is 7.18. The Bertz CT molecular complexity index is 530. The Morgan fingerprint density at radius 3 is 2.60 bits per heavy atom. The molecule has 1 heterocycles. The third kappa shape index (κ3) is 3.59. The van der Waals surface area contributed by atoms with E-state index >= 15 is 0 Å². The van der Waals surface area contributed by atoms with Crippen LogP contribution in [0.5, 0.6) is 0 Å². The van der Waals surface area contributed by atoms with Crippen LogP contribution in [-0.2, 0) is 10.0 Å². The highest BCUT2D eigenvalue weighted by atomic mass is 32.2. The lowest BCUT2D eigenvalue weighted by Gasteiger charge is -2.34. The monoisotopic (exact) mass is 296 g/mol. The molecule has 0 aliphatic carbocycles. The van der Waals surface area contributed by atoms with Gasteiger partial charge in [0.25, 0.3) is 0 Å². The topological polar surface area (TPSA) is 63.4 Å². The maximum absolute atomic E-state index is 12.5. The van der Waals surface area contributed by atoms with Crippen LogP contribution >= 0.6 is 0 Å². The smallest absolute Gasteiger partial charge is 0.214 e. The molecular formula is C15H24N2O2S. The molecular weight excluding hydrogens is 272 g/mol. The molecule has 0 spiro atoms. The molecule has 0 amide bonds. The van der Waals surface area contributed by atoms with E-state index in [1.54, 1.807) is 4.31 Å². The number of hydrogen-bond acceptors (Lipinski definition) is 3. The zero-order valence-electron chi connectivity index (χ0n) is 12.2. The zero-order valence-corrected chi connectivity index (χ0v) is 13.0. The summed E-state index contributed by atoms with van der Waals surface area (Å²) in [7, 11) is -3.23. The third-order valence-corrected chi connectivity index (χ3v) is 6.24. The van der Waals surface area contributed by atoms with Gasteiger partial charge >= 0.3 is 0 Å². The summed E-state index contributed by atoms with van der Waals surface area (Å²) in [6, 6.07) is 9.73. The van der Waals surface area contributed by atoms with E-state index in [4.69, 9.17) is 5.73 Å². The first-order valence-corrected chi connectivity index (χ1v) is 8.79. The fourth-order valence-electron chi connectivity index (χ4n) is 2.62. The molecule has 20 heavy (non-hydrogen) atoms. The summed E-state index contributed by atoms with van der Waals surface area (Å²) in [6.45, 7) is 5.09. The van der Waals surface area contributed by atoms with Crippen molar-refractivity contribution in [1.82, 2.24) is 4.31 Å². The van der Waals surface area contributed by atoms with Gasteiger partial charge in [-0.05, 0) is 23.8 Å². The Morgan fingerprint density at radius 2 is 2.00 bits per heavy atom. The van der Waals surface area contributed by atoms with Gasteiger partial charge in [-0.2, -0.15) is 0 Å². The van der Waals surface area contributed by atoms with Crippen LogP contribution in [0.25, 0.3) is 0 Å². The number of nitrogens with zero attached hydrogens (tertiary/aromatic N) is 1. The van der Waals surface area contributed by atoms with E-state index in [1.165, 1.54) is 0 Å². The summed E-state index contributed by atoms with van der Waals surface area (Å²) < 4.78 is 26.6. The van der Waals surface area contributed by atoms with E-state index in [0.29, 0.717) is 19.0 Å². The van der Waals surface area contributed by atoms with E-state index in [-0.39, 0.29) is 17.7 Å². The first-order chi connectivity index (χ1) is 9.40. The molecule has 1 aromatic rings. The molecule has 3 unspecified atom stereocenters. The Labute approximate surface area is 122 Å². The fraction of sp³-hybridized carbons (Fsp3) is 0.600. The standard InChI is InChI=1S/C15H24N2O2S/c1-12-8-9-17(10-15(12)16)20(18,19)11-13(2)14-6-4-3-5-7-14/h3-7,12-13,15H,8-11,16H2,1-2H3. The number of sulfonamides is 1. The largest absolute Gasteiger partial charge is 0.326 e. The minimum absolute atomic E-state index is 0.00299. The summed E-state index contributed by atoms with van der Waals surface area (Å²) in [6.07, 6.45) is 0.847. The van der Waals surface area contributed by atoms with E-state index in [0.717, 1.165) is 12.0 Å². The van der Waals surface area contributed by atoms with Crippen LogP contribution in [-0.4, -0.2) is 37.6 Å². The average molecular weight is 296 g/mol. The molecule has 1 aliphatic heterocycles. The molecule has 0 bridgehead atoms. The Balaban J connectivity index is 2.04. The molecule has 0 radical (unpaired) electrons. The van der Waals surface area contributed by atoms with Crippen molar-refractivity contribution in [3.63, 3.8) is 0 Å². The molecule has 3 atom stereocenters. The molecule has 4 nitrogen and oxygen atoms in total. The molecule has 112 valence electrons. The summed E-state index contributed by atoms with van der Waals surface area (Å²) in [4.78, 5) is 0. The van der Waals surface area contributed by atoms with E-state index in [9.17, 15) is 8.42 Å². The van der Waals surface area contributed by atoms with Crippen molar-refractivity contribution < 1.29 is 8.42 Å². The molecule has 1 fully saturated rings. The van der Waals surface area contributed by atoms with Crippen molar-refractivity contribution in [2.75, 3.05) is 18.8 Å². The van der Waals surface area contributed by atoms with Gasteiger partial charge < -0.3 is 5.73 Å². The second-order valence-corrected chi connectivity index (χ2v) is 7.89. The van der Waals surface area contributed by atoms with Gasteiger partial charge in [0.05, 0.1) is 5.75 Å². The van der Waals surface area contributed by atoms with Crippen molar-refractivity contribution in [3.8, 4) is 0 Å². The van der Waals surface area contributed by atoms with Gasteiger partial charge in [-0.15, -0.1) is 0 Å². The van der Waals surface area contributed by atoms with Crippen LogP contribution in [0.2, 0.25) is 0 Å². The van der Waals surface area contributed by atoms with Crippen LogP contribution in [0.3, 0.4) is 0 Å². The number of nitrogens with two attached hydrogens (primary N) is 1. The van der Waals surface area contributed by atoms with Crippen LogP contribution in [0, 0.1) is 5.92 Å². The first kappa shape index (κ1) is 15.5. The second-order valence-electron chi connectivity index (χ2n) is 5.88. The minimum atomic E-state index is -3.23. The predicted octanol–water partition coefficient (Wildman–Crippen LogP) is 1.79. The van der Waals surface area contributed by atoms with E-state index < -0.39 is 10.0 Å². The molecule has 1 aromatic carbocycles. The molecule has 1 aliphatic rings. The summed E-state index contributed by atoms with van der Waals surface area (Å²) in [5.74, 6) is 0.544. The maximum atomic E-state index is 12.5. The van der Waals surface area contributed by atoms with E-state index in [1.807, 2.05) is 37.3 Å². The summed E-state index contributed by atoms with van der Waals surface area (Å²) in [5.41, 5.74) is 7.06. The number of hydrogen-bond donors (Lipinski definition) is 1. The number of rotatable bonds is 4. The molecule has 2 rings (SSSR count). The van der Waals surface area contributed by atoms with Crippen molar-refractivity contribution in [3.05, 3.63) is 35.9 Å². The average Bonchev–Trinajstić information content (AvgIpc) is 2.42. The number of piperidine rings is 1. The Morgan fingerprint density at radius 1 is 1.35 bits per heavy atom. The van der Waals surface area contributed by atoms with Crippen molar-refractivity contribution in [2.45, 2.75) is 32.2 Å². The molecule has 2 N–H and O–H groups in total. The second kappa shape index (κ2) is 6.24. The lowest BCUT2D eigenvalue weighted by molar-refractivity contribution is 0.252. The van der Waals surface area contributed by atoms with Crippen LogP contribution in [0.1, 0.15) is 31.7 Å². The minimum Gasteiger partial charge on any atom is -0.326 e. The number of benzene rings is 1. The van der Waals surface area contributed by atoms with Gasteiger partial charge in [-0.1, -0.05) is 44.2 Å². The molecule has 0 saturated carbocycles. The third-order valence-electron chi connectivity index (χ3n) is 4.20. The quantitative estimate of drug-likeness (QED) is 0.921. The normalized spacial score (nSPS) is 26.4. The molecule has 5 heteroatoms. The van der Waals surface area contributed by atoms with Gasteiger partial charge in [0.15, 0.2) is 0 Å². The van der Waals surface area contributed by atoms with Gasteiger partial charge in [0, 0.05) is 19.1 Å². The summed E-state index contributed by atoms with van der Waals surface area (Å²) >= 11 is 0. The lowest BCUT2D eigenvalue weighted by Crippen LogP contribution is -2.50. The Hall–Kier alpha value is -0.910. The van der Waals surface area contributed by atoms with Crippen LogP contribution in [0.4, 0.5) is 0 Å². The van der Waals surface area contributed by atoms with Crippen molar-refractivity contribution >= 4 is 10.0 Å². The van der Waals surface area contributed by atoms with Crippen molar-refractivity contribution in [1.29, 1.82) is 0 Å². The van der Waals surface area contributed by atoms with Crippen molar-refractivity contribution in [2.24, 2.45) is 11.7 Å². The van der Waals surface area contributed by atoms with Gasteiger partial charge in [-0.3, -0.25) is 0 Å². The van der Waals surface area contributed by atoms with Crippen LogP contribution < -0.4 is 5.73 Å². The Kier molecular flexibility index (Phi) is 4.83.